The van der Waals surface area contributed by atoms with Crippen LogP contribution in [0.3, 0.4) is 0 Å². The highest BCUT2D eigenvalue weighted by Gasteiger charge is 2.43. The number of nitrogens with one attached hydrogen (secondary N) is 1. The van der Waals surface area contributed by atoms with Gasteiger partial charge in [-0.05, 0) is 85.7 Å². The summed E-state index contributed by atoms with van der Waals surface area (Å²) in [5.41, 5.74) is 5.98. The Morgan fingerprint density at radius 2 is 1.85 bits per heavy atom. The molecule has 8 heteroatoms. The first kappa shape index (κ1) is 22.4. The van der Waals surface area contributed by atoms with Crippen molar-refractivity contribution in [2.45, 2.75) is 32.5 Å². The van der Waals surface area contributed by atoms with Crippen molar-refractivity contribution in [3.63, 3.8) is 0 Å². The predicted octanol–water partition coefficient (Wildman–Crippen LogP) is 5.48. The molecule has 0 radical (unpaired) electrons. The molecule has 1 aromatic carbocycles. The molecule has 4 heterocycles. The fourth-order valence-electron chi connectivity index (χ4n) is 4.66. The number of phenols is 1. The molecule has 2 N–H and O–H groups in total. The van der Waals surface area contributed by atoms with E-state index in [1.807, 2.05) is 47.6 Å². The van der Waals surface area contributed by atoms with Gasteiger partial charge in [-0.25, -0.2) is 0 Å². The van der Waals surface area contributed by atoms with Crippen molar-refractivity contribution in [3.05, 3.63) is 106 Å². The van der Waals surface area contributed by atoms with Gasteiger partial charge < -0.3 is 19.9 Å². The second-order valence-corrected chi connectivity index (χ2v) is 9.22. The number of benzene rings is 1. The third kappa shape index (κ3) is 4.02. The molecule has 5 rings (SSSR count). The monoisotopic (exact) mass is 489 g/mol. The summed E-state index contributed by atoms with van der Waals surface area (Å²) in [6, 6.07) is 16.7. The molecular weight excluding hydrogens is 466 g/mol. The molecule has 6 nitrogen and oxygen atoms in total. The number of nitrogens with zero attached hydrogens (tertiary/aromatic N) is 4. The van der Waals surface area contributed by atoms with E-state index in [1.54, 1.807) is 24.4 Å². The molecule has 0 unspecified atom stereocenters. The van der Waals surface area contributed by atoms with Gasteiger partial charge in [-0.1, -0.05) is 17.7 Å². The van der Waals surface area contributed by atoms with Crippen molar-refractivity contribution in [1.29, 1.82) is 0 Å². The van der Waals surface area contributed by atoms with Gasteiger partial charge in [0.25, 0.3) is 0 Å². The van der Waals surface area contributed by atoms with Crippen molar-refractivity contribution in [2.24, 2.45) is 0 Å². The van der Waals surface area contributed by atoms with E-state index in [0.717, 1.165) is 29.2 Å². The third-order valence-electron chi connectivity index (χ3n) is 6.32. The SMILES string of the molecule is Cc1cc([C@H]2[C@@H](c3ccccn3)NC(=S)N2c2cc(Cl)ccc2O)c(C)n1Cc1ccncc1. The molecule has 3 aromatic heterocycles. The Morgan fingerprint density at radius 1 is 1.06 bits per heavy atom. The van der Waals surface area contributed by atoms with Crippen LogP contribution in [-0.2, 0) is 6.54 Å². The predicted molar refractivity (Wildman–Crippen MR) is 138 cm³/mol. The van der Waals surface area contributed by atoms with Crippen LogP contribution < -0.4 is 10.2 Å². The van der Waals surface area contributed by atoms with Crippen LogP contribution in [-0.4, -0.2) is 24.8 Å². The molecule has 0 amide bonds. The molecule has 34 heavy (non-hydrogen) atoms. The molecule has 0 spiro atoms. The van der Waals surface area contributed by atoms with Gasteiger partial charge in [0.2, 0.25) is 0 Å². The van der Waals surface area contributed by atoms with E-state index in [-0.39, 0.29) is 17.8 Å². The molecule has 172 valence electrons. The van der Waals surface area contributed by atoms with E-state index >= 15 is 0 Å². The lowest BCUT2D eigenvalue weighted by molar-refractivity contribution is 0.472. The first-order valence-corrected chi connectivity index (χ1v) is 11.8. The number of rotatable bonds is 5. The minimum Gasteiger partial charge on any atom is -0.506 e. The summed E-state index contributed by atoms with van der Waals surface area (Å²) in [6.07, 6.45) is 5.40. The Bertz CT molecular complexity index is 1340. The number of aromatic nitrogens is 3. The van der Waals surface area contributed by atoms with Crippen molar-refractivity contribution in [1.82, 2.24) is 19.9 Å². The molecule has 1 aliphatic heterocycles. The van der Waals surface area contributed by atoms with E-state index in [4.69, 9.17) is 23.8 Å². The number of aryl methyl sites for hydroxylation is 1. The highest BCUT2D eigenvalue weighted by molar-refractivity contribution is 7.80. The maximum atomic E-state index is 10.7. The zero-order valence-corrected chi connectivity index (χ0v) is 20.4. The maximum Gasteiger partial charge on any atom is 0.174 e. The largest absolute Gasteiger partial charge is 0.506 e. The average Bonchev–Trinajstić information content (AvgIpc) is 3.32. The van der Waals surface area contributed by atoms with Crippen LogP contribution >= 0.6 is 23.8 Å². The summed E-state index contributed by atoms with van der Waals surface area (Å²) in [5, 5.41) is 15.2. The molecule has 0 saturated carbocycles. The number of anilines is 1. The summed E-state index contributed by atoms with van der Waals surface area (Å²) in [7, 11) is 0. The second-order valence-electron chi connectivity index (χ2n) is 8.40. The zero-order chi connectivity index (χ0) is 23.8. The summed E-state index contributed by atoms with van der Waals surface area (Å²) >= 11 is 12.1. The normalized spacial score (nSPS) is 17.7. The van der Waals surface area contributed by atoms with Crippen molar-refractivity contribution < 1.29 is 5.11 Å². The first-order chi connectivity index (χ1) is 16.4. The lowest BCUT2D eigenvalue weighted by Crippen LogP contribution is -2.29. The Kier molecular flexibility index (Phi) is 5.98. The third-order valence-corrected chi connectivity index (χ3v) is 6.87. The first-order valence-electron chi connectivity index (χ1n) is 11.0. The van der Waals surface area contributed by atoms with Gasteiger partial charge >= 0.3 is 0 Å². The number of halogens is 1. The number of hydrogen-bond acceptors (Lipinski definition) is 4. The van der Waals surface area contributed by atoms with Crippen molar-refractivity contribution >= 4 is 34.6 Å². The van der Waals surface area contributed by atoms with Crippen LogP contribution in [0.5, 0.6) is 5.75 Å². The fourth-order valence-corrected chi connectivity index (χ4v) is 5.17. The molecule has 1 aliphatic rings. The van der Waals surface area contributed by atoms with Crippen LogP contribution in [0, 0.1) is 13.8 Å². The quantitative estimate of drug-likeness (QED) is 0.362. The Labute approximate surface area is 208 Å². The van der Waals surface area contributed by atoms with Crippen LogP contribution in [0.1, 0.15) is 40.3 Å². The van der Waals surface area contributed by atoms with Gasteiger partial charge in [0, 0.05) is 41.5 Å². The molecule has 4 aromatic rings. The van der Waals surface area contributed by atoms with Crippen LogP contribution in [0.2, 0.25) is 5.02 Å². The van der Waals surface area contributed by atoms with Gasteiger partial charge in [-0.15, -0.1) is 0 Å². The van der Waals surface area contributed by atoms with E-state index in [2.05, 4.69) is 39.8 Å². The molecule has 2 atom stereocenters. The van der Waals surface area contributed by atoms with Gasteiger partial charge in [-0.2, -0.15) is 0 Å². The van der Waals surface area contributed by atoms with E-state index in [0.29, 0.717) is 15.8 Å². The molecule has 0 aliphatic carbocycles. The number of hydrogen-bond donors (Lipinski definition) is 2. The molecular formula is C26H24ClN5OS. The summed E-state index contributed by atoms with van der Waals surface area (Å²) in [5.74, 6) is 0.116. The number of phenolic OH excluding ortho intramolecular Hbond substituents is 1. The van der Waals surface area contributed by atoms with Crippen LogP contribution in [0.4, 0.5) is 5.69 Å². The maximum absolute atomic E-state index is 10.7. The van der Waals surface area contributed by atoms with E-state index < -0.39 is 0 Å². The minimum atomic E-state index is -0.232. The molecule has 1 fully saturated rings. The Balaban J connectivity index is 1.65. The summed E-state index contributed by atoms with van der Waals surface area (Å²) < 4.78 is 2.29. The number of pyridine rings is 2. The minimum absolute atomic E-state index is 0.116. The summed E-state index contributed by atoms with van der Waals surface area (Å²) in [6.45, 7) is 4.97. The van der Waals surface area contributed by atoms with E-state index in [1.165, 1.54) is 5.56 Å². The highest BCUT2D eigenvalue weighted by Crippen LogP contribution is 2.46. The lowest BCUT2D eigenvalue weighted by Gasteiger charge is -2.28. The van der Waals surface area contributed by atoms with Gasteiger partial charge in [0.1, 0.15) is 5.75 Å². The van der Waals surface area contributed by atoms with Crippen LogP contribution in [0.15, 0.2) is 73.2 Å². The van der Waals surface area contributed by atoms with Gasteiger partial charge in [0.15, 0.2) is 5.11 Å². The highest BCUT2D eigenvalue weighted by atomic mass is 35.5. The van der Waals surface area contributed by atoms with Crippen LogP contribution in [0.25, 0.3) is 0 Å². The van der Waals surface area contributed by atoms with Crippen molar-refractivity contribution in [3.8, 4) is 5.75 Å². The Hall–Kier alpha value is -3.42. The second kappa shape index (κ2) is 9.08. The zero-order valence-electron chi connectivity index (χ0n) is 18.8. The Morgan fingerprint density at radius 3 is 2.59 bits per heavy atom. The number of aromatic hydroxyl groups is 1. The standard InChI is InChI=1S/C26H24ClN5OS/c1-16-13-20(17(2)31(16)15-18-8-11-28-12-9-18)25-24(21-5-3-4-10-29-21)30-26(34)32(25)22-14-19(27)6-7-23(22)33/h3-14,24-25,33H,15H2,1-2H3,(H,30,34)/t24-,25+/m1/s1. The molecule has 0 bridgehead atoms. The van der Waals surface area contributed by atoms with Gasteiger partial charge in [-0.3, -0.25) is 9.97 Å². The fraction of sp³-hybridized carbons (Fsp3) is 0.192. The average molecular weight is 490 g/mol. The smallest absolute Gasteiger partial charge is 0.174 e. The number of thiocarbonyl (C=S) groups is 1. The molecule has 1 saturated heterocycles. The lowest BCUT2D eigenvalue weighted by atomic mass is 9.96. The van der Waals surface area contributed by atoms with Crippen molar-refractivity contribution in [2.75, 3.05) is 4.90 Å². The summed E-state index contributed by atoms with van der Waals surface area (Å²) in [4.78, 5) is 10.7. The topological polar surface area (TPSA) is 66.2 Å². The van der Waals surface area contributed by atoms with Gasteiger partial charge in [0.05, 0.1) is 23.5 Å². The van der Waals surface area contributed by atoms with E-state index in [9.17, 15) is 5.11 Å².